The Bertz CT molecular complexity index is 1090. The molecule has 10 heteroatoms. The lowest BCUT2D eigenvalue weighted by Gasteiger charge is -2.26. The van der Waals surface area contributed by atoms with Gasteiger partial charge < -0.3 is 15.5 Å². The van der Waals surface area contributed by atoms with Crippen LogP contribution in [0.1, 0.15) is 23.5 Å². The minimum absolute atomic E-state index is 0.0266. The number of fused-ring (bicyclic) bond motifs is 1. The number of alkyl halides is 3. The molecule has 0 saturated heterocycles. The van der Waals surface area contributed by atoms with Crippen LogP contribution in [0.4, 0.5) is 22.0 Å². The van der Waals surface area contributed by atoms with Crippen LogP contribution in [0, 0.1) is 11.6 Å². The second-order valence-electron chi connectivity index (χ2n) is 6.78. The summed E-state index contributed by atoms with van der Waals surface area (Å²) in [6, 6.07) is 4.62. The van der Waals surface area contributed by atoms with Crippen molar-refractivity contribution in [2.45, 2.75) is 18.4 Å². The number of rotatable bonds is 4. The molecule has 0 aliphatic carbocycles. The lowest BCUT2D eigenvalue weighted by atomic mass is 10.1. The van der Waals surface area contributed by atoms with Crippen LogP contribution in [0.3, 0.4) is 0 Å². The van der Waals surface area contributed by atoms with Gasteiger partial charge in [0.2, 0.25) is 0 Å². The first-order valence-electron chi connectivity index (χ1n) is 9.13. The van der Waals surface area contributed by atoms with Crippen LogP contribution in [-0.2, 0) is 4.79 Å². The number of halogens is 5. The maximum absolute atomic E-state index is 14.4. The van der Waals surface area contributed by atoms with E-state index in [9.17, 15) is 26.7 Å². The van der Waals surface area contributed by atoms with E-state index in [1.165, 1.54) is 41.6 Å². The van der Waals surface area contributed by atoms with Crippen LogP contribution < -0.4 is 10.6 Å². The van der Waals surface area contributed by atoms with Gasteiger partial charge in [0.25, 0.3) is 5.91 Å². The molecule has 0 radical (unpaired) electrons. The molecule has 160 valence electrons. The number of hydrogen-bond donors (Lipinski definition) is 2. The van der Waals surface area contributed by atoms with Crippen LogP contribution in [0.2, 0.25) is 0 Å². The average Bonchev–Trinajstić information content (AvgIpc) is 3.11. The molecule has 1 aromatic heterocycles. The Morgan fingerprint density at radius 2 is 1.97 bits per heavy atom. The van der Waals surface area contributed by atoms with Gasteiger partial charge in [-0.3, -0.25) is 9.78 Å². The van der Waals surface area contributed by atoms with Gasteiger partial charge in [-0.25, -0.2) is 8.78 Å². The molecule has 3 heterocycles. The minimum atomic E-state index is -4.79. The van der Waals surface area contributed by atoms with E-state index in [1.54, 1.807) is 12.2 Å². The molecule has 2 atom stereocenters. The van der Waals surface area contributed by atoms with E-state index in [-0.39, 0.29) is 22.7 Å². The van der Waals surface area contributed by atoms with Crippen molar-refractivity contribution in [2.24, 2.45) is 0 Å². The fourth-order valence-electron chi connectivity index (χ4n) is 3.38. The van der Waals surface area contributed by atoms with E-state index >= 15 is 0 Å². The van der Waals surface area contributed by atoms with Crippen LogP contribution in [-0.4, -0.2) is 22.0 Å². The molecule has 1 amide bonds. The average molecular weight is 434 g/mol. The van der Waals surface area contributed by atoms with Crippen molar-refractivity contribution in [3.63, 3.8) is 0 Å². The molecular formula is C21H15F5N4O. The van der Waals surface area contributed by atoms with Gasteiger partial charge in [-0.1, -0.05) is 12.1 Å². The molecule has 0 fully saturated rings. The number of pyridine rings is 1. The lowest BCUT2D eigenvalue weighted by Crippen LogP contribution is -2.41. The largest absolute Gasteiger partial charge is 0.414 e. The molecule has 0 spiro atoms. The minimum Gasteiger partial charge on any atom is -0.355 e. The SMILES string of the molecule is O=C(NC(c1ccccn1)C(F)(F)F)C1=C2C=CC=CN2C(c2ccc(F)cc2F)N1. The summed E-state index contributed by atoms with van der Waals surface area (Å²) >= 11 is 0. The van der Waals surface area contributed by atoms with Crippen LogP contribution >= 0.6 is 0 Å². The second-order valence-corrected chi connectivity index (χ2v) is 6.78. The number of amides is 1. The molecule has 2 aliphatic heterocycles. The van der Waals surface area contributed by atoms with Crippen molar-refractivity contribution in [3.05, 3.63) is 101 Å². The van der Waals surface area contributed by atoms with Gasteiger partial charge in [0.15, 0.2) is 6.04 Å². The summed E-state index contributed by atoms with van der Waals surface area (Å²) in [7, 11) is 0. The summed E-state index contributed by atoms with van der Waals surface area (Å²) in [6.07, 6.45) is 1.70. The van der Waals surface area contributed by atoms with Crippen molar-refractivity contribution in [3.8, 4) is 0 Å². The summed E-state index contributed by atoms with van der Waals surface area (Å²) in [5.74, 6) is -2.68. The van der Waals surface area contributed by atoms with Gasteiger partial charge in [-0.15, -0.1) is 0 Å². The topological polar surface area (TPSA) is 57.3 Å². The zero-order valence-electron chi connectivity index (χ0n) is 15.7. The maximum atomic E-state index is 14.4. The van der Waals surface area contributed by atoms with Crippen LogP contribution in [0.5, 0.6) is 0 Å². The fourth-order valence-corrected chi connectivity index (χ4v) is 3.38. The third-order valence-electron chi connectivity index (χ3n) is 4.78. The van der Waals surface area contributed by atoms with Crippen molar-refractivity contribution >= 4 is 5.91 Å². The highest BCUT2D eigenvalue weighted by Gasteiger charge is 2.44. The van der Waals surface area contributed by atoms with E-state index in [4.69, 9.17) is 0 Å². The molecule has 2 aromatic rings. The smallest absolute Gasteiger partial charge is 0.355 e. The van der Waals surface area contributed by atoms with Gasteiger partial charge >= 0.3 is 6.18 Å². The Morgan fingerprint density at radius 3 is 2.65 bits per heavy atom. The molecule has 2 unspecified atom stereocenters. The van der Waals surface area contributed by atoms with Gasteiger partial charge in [-0.05, 0) is 36.4 Å². The molecule has 4 rings (SSSR count). The number of carbonyl (C=O) groups excluding carboxylic acids is 1. The van der Waals surface area contributed by atoms with Crippen LogP contribution in [0.25, 0.3) is 0 Å². The van der Waals surface area contributed by atoms with Gasteiger partial charge in [0, 0.05) is 24.0 Å². The standard InChI is InChI=1S/C21H15F5N4O/c22-12-7-8-13(14(23)11-12)19-28-17(16-6-2-4-10-30(16)19)20(31)29-18(21(24,25)26)15-5-1-3-9-27-15/h1-11,18-19,28H,(H,29,31). The highest BCUT2D eigenvalue weighted by Crippen LogP contribution is 2.36. The molecule has 1 aromatic carbocycles. The molecule has 0 bridgehead atoms. The molecule has 5 nitrogen and oxygen atoms in total. The van der Waals surface area contributed by atoms with Gasteiger partial charge in [0.1, 0.15) is 23.5 Å². The van der Waals surface area contributed by atoms with E-state index in [2.05, 4.69) is 10.3 Å². The summed E-state index contributed by atoms with van der Waals surface area (Å²) in [5, 5.41) is 4.72. The van der Waals surface area contributed by atoms with Crippen molar-refractivity contribution in [1.82, 2.24) is 20.5 Å². The van der Waals surface area contributed by atoms with E-state index in [0.717, 1.165) is 12.1 Å². The zero-order valence-corrected chi connectivity index (χ0v) is 15.7. The number of nitrogens with zero attached hydrogens (tertiary/aromatic N) is 2. The molecule has 0 saturated carbocycles. The summed E-state index contributed by atoms with van der Waals surface area (Å²) < 4.78 is 68.5. The molecular weight excluding hydrogens is 419 g/mol. The number of benzene rings is 1. The quantitative estimate of drug-likeness (QED) is 0.715. The Balaban J connectivity index is 1.65. The number of carbonyl (C=O) groups is 1. The molecule has 2 N–H and O–H groups in total. The highest BCUT2D eigenvalue weighted by atomic mass is 19.4. The zero-order chi connectivity index (χ0) is 22.2. The molecule has 2 aliphatic rings. The van der Waals surface area contributed by atoms with E-state index in [0.29, 0.717) is 6.07 Å². The number of allylic oxidation sites excluding steroid dienone is 3. The van der Waals surface area contributed by atoms with E-state index < -0.39 is 35.9 Å². The monoisotopic (exact) mass is 434 g/mol. The van der Waals surface area contributed by atoms with Crippen LogP contribution in [0.15, 0.2) is 78.4 Å². The van der Waals surface area contributed by atoms with Gasteiger partial charge in [0.05, 0.1) is 11.4 Å². The molecule has 31 heavy (non-hydrogen) atoms. The Kier molecular flexibility index (Phi) is 5.22. The highest BCUT2D eigenvalue weighted by molar-refractivity contribution is 5.95. The first-order valence-corrected chi connectivity index (χ1v) is 9.13. The number of aromatic nitrogens is 1. The lowest BCUT2D eigenvalue weighted by molar-refractivity contribution is -0.163. The predicted molar refractivity (Wildman–Crippen MR) is 101 cm³/mol. The Labute approximate surface area is 173 Å². The van der Waals surface area contributed by atoms with Crippen molar-refractivity contribution in [1.29, 1.82) is 0 Å². The first kappa shape index (κ1) is 20.6. The summed E-state index contributed by atoms with van der Waals surface area (Å²) in [4.78, 5) is 18.0. The summed E-state index contributed by atoms with van der Waals surface area (Å²) in [5.41, 5.74) is -0.280. The van der Waals surface area contributed by atoms with Crippen molar-refractivity contribution in [2.75, 3.05) is 0 Å². The first-order chi connectivity index (χ1) is 14.8. The van der Waals surface area contributed by atoms with Gasteiger partial charge in [-0.2, -0.15) is 13.2 Å². The maximum Gasteiger partial charge on any atom is 0.414 e. The predicted octanol–water partition coefficient (Wildman–Crippen LogP) is 3.98. The Morgan fingerprint density at radius 1 is 1.16 bits per heavy atom. The number of nitrogens with one attached hydrogen (secondary N) is 2. The third kappa shape index (κ3) is 4.00. The fraction of sp³-hybridized carbons (Fsp3) is 0.143. The normalized spacial score (nSPS) is 18.6. The summed E-state index contributed by atoms with van der Waals surface area (Å²) in [6.45, 7) is 0. The third-order valence-corrected chi connectivity index (χ3v) is 4.78. The Hall–Kier alpha value is -3.69. The second kappa shape index (κ2) is 7.86. The van der Waals surface area contributed by atoms with Crippen molar-refractivity contribution < 1.29 is 26.7 Å². The number of hydrogen-bond acceptors (Lipinski definition) is 4. The van der Waals surface area contributed by atoms with E-state index in [1.807, 2.05) is 5.32 Å².